The second-order valence-corrected chi connectivity index (χ2v) is 7.12. The molecule has 3 heterocycles. The zero-order valence-electron chi connectivity index (χ0n) is 15.3. The van der Waals surface area contributed by atoms with Crippen LogP contribution in [0.5, 0.6) is 0 Å². The van der Waals surface area contributed by atoms with Gasteiger partial charge in [0.15, 0.2) is 0 Å². The van der Waals surface area contributed by atoms with Gasteiger partial charge >= 0.3 is 6.03 Å². The predicted molar refractivity (Wildman–Crippen MR) is 99.3 cm³/mol. The van der Waals surface area contributed by atoms with Gasteiger partial charge in [0.25, 0.3) is 0 Å². The Morgan fingerprint density at radius 3 is 2.63 bits per heavy atom. The third-order valence-corrected chi connectivity index (χ3v) is 5.44. The number of nitrogens with zero attached hydrogens (tertiary/aromatic N) is 3. The van der Waals surface area contributed by atoms with Crippen LogP contribution in [0.25, 0.3) is 0 Å². The topological polar surface area (TPSA) is 67.9 Å². The summed E-state index contributed by atoms with van der Waals surface area (Å²) in [5.41, 5.74) is 4.26. The first kappa shape index (κ1) is 16.1. The highest BCUT2D eigenvalue weighted by Crippen LogP contribution is 2.47. The number of aryl methyl sites for hydroxylation is 2. The van der Waals surface area contributed by atoms with Gasteiger partial charge in [0.1, 0.15) is 29.4 Å². The van der Waals surface area contributed by atoms with E-state index in [1.165, 1.54) is 0 Å². The number of benzene rings is 1. The van der Waals surface area contributed by atoms with Crippen LogP contribution in [0.15, 0.2) is 63.5 Å². The molecule has 27 heavy (non-hydrogen) atoms. The van der Waals surface area contributed by atoms with Gasteiger partial charge in [0.05, 0.1) is 17.3 Å². The van der Waals surface area contributed by atoms with Crippen molar-refractivity contribution in [1.82, 2.24) is 10.1 Å². The molecule has 1 aliphatic carbocycles. The van der Waals surface area contributed by atoms with Gasteiger partial charge < -0.3 is 9.26 Å². The molecule has 3 aliphatic rings. The molecule has 1 aromatic carbocycles. The molecule has 6 nitrogen and oxygen atoms in total. The van der Waals surface area contributed by atoms with Crippen LogP contribution in [-0.4, -0.2) is 27.9 Å². The molecule has 3 unspecified atom stereocenters. The van der Waals surface area contributed by atoms with Gasteiger partial charge in [0, 0.05) is 5.56 Å². The quantitative estimate of drug-likeness (QED) is 0.804. The lowest BCUT2D eigenvalue weighted by molar-refractivity contribution is 0.0280. The molecule has 0 N–H and O–H groups in total. The number of aromatic nitrogens is 1. The van der Waals surface area contributed by atoms with Crippen molar-refractivity contribution in [3.8, 4) is 0 Å². The number of allylic oxidation sites excluding steroid dienone is 2. The summed E-state index contributed by atoms with van der Waals surface area (Å²) < 4.78 is 11.8. The smallest absolute Gasteiger partial charge is 0.349 e. The van der Waals surface area contributed by atoms with E-state index < -0.39 is 0 Å². The van der Waals surface area contributed by atoms with Gasteiger partial charge in [-0.3, -0.25) is 4.90 Å². The van der Waals surface area contributed by atoms with Gasteiger partial charge in [0.2, 0.25) is 0 Å². The van der Waals surface area contributed by atoms with E-state index in [0.717, 1.165) is 34.0 Å². The lowest BCUT2D eigenvalue weighted by Gasteiger charge is -2.41. The fourth-order valence-electron chi connectivity index (χ4n) is 4.31. The Labute approximate surface area is 156 Å². The van der Waals surface area contributed by atoms with Gasteiger partial charge in [-0.15, -0.1) is 0 Å². The van der Waals surface area contributed by atoms with Crippen LogP contribution in [0.4, 0.5) is 4.79 Å². The molecule has 0 bridgehead atoms. The number of amides is 2. The van der Waals surface area contributed by atoms with Crippen LogP contribution < -0.4 is 0 Å². The predicted octanol–water partition coefficient (Wildman–Crippen LogP) is 4.19. The number of ether oxygens (including phenoxy) is 1. The van der Waals surface area contributed by atoms with Crippen LogP contribution >= 0.6 is 0 Å². The molecule has 2 aliphatic heterocycles. The van der Waals surface area contributed by atoms with Crippen molar-refractivity contribution in [2.24, 2.45) is 4.99 Å². The van der Waals surface area contributed by atoms with E-state index in [-0.39, 0.29) is 24.1 Å². The number of carbonyl (C=O) groups excluding carboxylic acids is 1. The summed E-state index contributed by atoms with van der Waals surface area (Å²) in [4.78, 5) is 18.8. The highest BCUT2D eigenvalue weighted by molar-refractivity contribution is 6.19. The maximum atomic E-state index is 12.8. The number of hydrogen-bond donors (Lipinski definition) is 0. The molecule has 0 saturated carbocycles. The van der Waals surface area contributed by atoms with Crippen LogP contribution in [0.2, 0.25) is 0 Å². The van der Waals surface area contributed by atoms with Crippen molar-refractivity contribution in [3.05, 3.63) is 76.5 Å². The van der Waals surface area contributed by atoms with E-state index in [2.05, 4.69) is 10.1 Å². The summed E-state index contributed by atoms with van der Waals surface area (Å²) in [5, 5.41) is 4.08. The second kappa shape index (κ2) is 5.67. The SMILES string of the molecule is Cc1noc(C)c1C1C=CC2=NC(=O)N3C2=C1OC(C)C3c1ccccc1. The molecule has 0 spiro atoms. The zero-order chi connectivity index (χ0) is 18.7. The van der Waals surface area contributed by atoms with Crippen LogP contribution in [0.3, 0.4) is 0 Å². The Morgan fingerprint density at radius 1 is 1.15 bits per heavy atom. The van der Waals surface area contributed by atoms with Gasteiger partial charge in [-0.2, -0.15) is 4.99 Å². The Bertz CT molecular complexity index is 1010. The summed E-state index contributed by atoms with van der Waals surface area (Å²) >= 11 is 0. The van der Waals surface area contributed by atoms with E-state index in [9.17, 15) is 4.79 Å². The van der Waals surface area contributed by atoms with E-state index in [1.54, 1.807) is 4.90 Å². The van der Waals surface area contributed by atoms with E-state index >= 15 is 0 Å². The number of rotatable bonds is 2. The van der Waals surface area contributed by atoms with Crippen LogP contribution in [0, 0.1) is 13.8 Å². The molecule has 0 radical (unpaired) electrons. The third kappa shape index (κ3) is 2.22. The molecule has 3 atom stereocenters. The summed E-state index contributed by atoms with van der Waals surface area (Å²) in [6.07, 6.45) is 3.70. The molecule has 136 valence electrons. The Hall–Kier alpha value is -3.15. The summed E-state index contributed by atoms with van der Waals surface area (Å²) in [6, 6.07) is 9.50. The average Bonchev–Trinajstić information content (AvgIpc) is 3.17. The minimum absolute atomic E-state index is 0.141. The lowest BCUT2D eigenvalue weighted by Crippen LogP contribution is -2.43. The van der Waals surface area contributed by atoms with Crippen molar-refractivity contribution < 1.29 is 14.1 Å². The van der Waals surface area contributed by atoms with E-state index in [4.69, 9.17) is 9.26 Å². The highest BCUT2D eigenvalue weighted by atomic mass is 16.5. The minimum Gasteiger partial charge on any atom is -0.489 e. The fraction of sp³-hybridized carbons (Fsp3) is 0.286. The zero-order valence-corrected chi connectivity index (χ0v) is 15.3. The molecule has 0 saturated heterocycles. The van der Waals surface area contributed by atoms with Crippen LogP contribution in [-0.2, 0) is 4.74 Å². The van der Waals surface area contributed by atoms with Crippen molar-refractivity contribution in [2.75, 3.05) is 0 Å². The van der Waals surface area contributed by atoms with Gasteiger partial charge in [-0.05, 0) is 32.4 Å². The number of aliphatic imine (C=N–C) groups is 1. The largest absolute Gasteiger partial charge is 0.489 e. The molecule has 6 heteroatoms. The molecular weight excluding hydrogens is 342 g/mol. The Kier molecular flexibility index (Phi) is 3.37. The first-order chi connectivity index (χ1) is 13.1. The van der Waals surface area contributed by atoms with Gasteiger partial charge in [-0.1, -0.05) is 41.6 Å². The number of urea groups is 1. The second-order valence-electron chi connectivity index (χ2n) is 7.12. The number of carbonyl (C=O) groups is 1. The first-order valence-corrected chi connectivity index (χ1v) is 9.05. The molecular formula is C21H19N3O3. The third-order valence-electron chi connectivity index (χ3n) is 5.44. The number of hydrogen-bond acceptors (Lipinski definition) is 4. The maximum Gasteiger partial charge on any atom is 0.349 e. The average molecular weight is 361 g/mol. The molecule has 1 aromatic heterocycles. The van der Waals surface area contributed by atoms with Crippen molar-refractivity contribution in [2.45, 2.75) is 38.8 Å². The van der Waals surface area contributed by atoms with Crippen molar-refractivity contribution in [3.63, 3.8) is 0 Å². The fourth-order valence-corrected chi connectivity index (χ4v) is 4.31. The van der Waals surface area contributed by atoms with Gasteiger partial charge in [-0.25, -0.2) is 4.79 Å². The highest BCUT2D eigenvalue weighted by Gasteiger charge is 2.48. The monoisotopic (exact) mass is 361 g/mol. The standard InChI is InChI=1S/C21H19N3O3/c1-11-17(12(2)27-23-11)15-9-10-16-19-20(15)26-13(3)18(24(19)21(25)22-16)14-7-5-4-6-8-14/h4-10,13,15,18H,1-3H3. The molecule has 2 amide bonds. The van der Waals surface area contributed by atoms with E-state index in [1.807, 2.05) is 63.3 Å². The lowest BCUT2D eigenvalue weighted by atomic mass is 9.86. The molecule has 2 aromatic rings. The minimum atomic E-state index is -0.245. The Morgan fingerprint density at radius 2 is 1.93 bits per heavy atom. The summed E-state index contributed by atoms with van der Waals surface area (Å²) in [6.45, 7) is 5.81. The Balaban J connectivity index is 1.67. The normalized spacial score (nSPS) is 26.2. The van der Waals surface area contributed by atoms with Crippen molar-refractivity contribution in [1.29, 1.82) is 0 Å². The molecule has 5 rings (SSSR count). The maximum absolute atomic E-state index is 12.8. The first-order valence-electron chi connectivity index (χ1n) is 9.05. The molecule has 0 fully saturated rings. The van der Waals surface area contributed by atoms with Crippen LogP contribution in [0.1, 0.15) is 41.5 Å². The van der Waals surface area contributed by atoms with Crippen molar-refractivity contribution >= 4 is 11.7 Å². The summed E-state index contributed by atoms with van der Waals surface area (Å²) in [7, 11) is 0. The summed E-state index contributed by atoms with van der Waals surface area (Å²) in [5.74, 6) is 1.36. The van der Waals surface area contributed by atoms with E-state index in [0.29, 0.717) is 5.71 Å².